The van der Waals surface area contributed by atoms with Crippen molar-refractivity contribution in [2.45, 2.75) is 44.2 Å². The Morgan fingerprint density at radius 2 is 1.88 bits per heavy atom. The van der Waals surface area contributed by atoms with E-state index in [-0.39, 0.29) is 56.4 Å². The van der Waals surface area contributed by atoms with Gasteiger partial charge in [-0.05, 0) is 75.2 Å². The Labute approximate surface area is 242 Å². The summed E-state index contributed by atoms with van der Waals surface area (Å²) in [5, 5.41) is 23.2. The number of hydrogen-bond acceptors (Lipinski definition) is 8. The third-order valence-corrected chi connectivity index (χ3v) is 8.80. The van der Waals surface area contributed by atoms with E-state index in [0.29, 0.717) is 17.7 Å². The van der Waals surface area contributed by atoms with Gasteiger partial charge >= 0.3 is 0 Å². The minimum absolute atomic E-state index is 0.0395. The number of phenols is 1. The van der Waals surface area contributed by atoms with Gasteiger partial charge in [0.05, 0.1) is 11.1 Å². The number of phenolic OH excluding ortho intramolecular Hbond substituents is 1. The van der Waals surface area contributed by atoms with E-state index >= 15 is 4.39 Å². The van der Waals surface area contributed by atoms with Crippen LogP contribution in [-0.4, -0.2) is 74.5 Å². The van der Waals surface area contributed by atoms with Crippen molar-refractivity contribution in [1.82, 2.24) is 30.4 Å². The van der Waals surface area contributed by atoms with Crippen molar-refractivity contribution >= 4 is 27.6 Å². The number of rotatable bonds is 2. The number of terminal acetylenes is 1. The van der Waals surface area contributed by atoms with Gasteiger partial charge in [0.2, 0.25) is 5.82 Å². The largest absolute Gasteiger partial charge is 0.508 e. The molecule has 10 heteroatoms. The molecule has 0 bridgehead atoms. The molecule has 3 aliphatic rings. The van der Waals surface area contributed by atoms with Crippen LogP contribution in [0.15, 0.2) is 24.3 Å². The third kappa shape index (κ3) is 4.22. The van der Waals surface area contributed by atoms with Gasteiger partial charge in [-0.25, -0.2) is 18.7 Å². The van der Waals surface area contributed by atoms with Crippen molar-refractivity contribution in [2.75, 3.05) is 37.6 Å². The fraction of sp³-hybridized carbons (Fsp3) is 0.375. The SMILES string of the molecule is C#Cc1c(F)ccc2cc(O)cc(-c3nnc4c(N5CCNC[C@@H]5C)nc(C#CC56CCCN5CCC6)nc4c3F)c12. The zero-order valence-corrected chi connectivity index (χ0v) is 23.2. The molecule has 3 aliphatic heterocycles. The lowest BCUT2D eigenvalue weighted by Crippen LogP contribution is -2.50. The van der Waals surface area contributed by atoms with E-state index in [2.05, 4.69) is 55.0 Å². The molecule has 2 N–H and O–H groups in total. The highest BCUT2D eigenvalue weighted by molar-refractivity contribution is 6.02. The van der Waals surface area contributed by atoms with Crippen LogP contribution in [0.3, 0.4) is 0 Å². The summed E-state index contributed by atoms with van der Waals surface area (Å²) in [6.07, 6.45) is 9.85. The second kappa shape index (κ2) is 10.2. The quantitative estimate of drug-likeness (QED) is 0.353. The molecule has 5 heterocycles. The molecule has 3 saturated heterocycles. The Morgan fingerprint density at radius 3 is 2.64 bits per heavy atom. The molecular formula is C32H29F2N7O. The van der Waals surface area contributed by atoms with Crippen LogP contribution in [0.2, 0.25) is 0 Å². The normalized spacial score (nSPS) is 20.0. The van der Waals surface area contributed by atoms with E-state index in [1.165, 1.54) is 24.3 Å². The van der Waals surface area contributed by atoms with Crippen molar-refractivity contribution in [1.29, 1.82) is 0 Å². The molecule has 212 valence electrons. The van der Waals surface area contributed by atoms with Gasteiger partial charge in [0.1, 0.15) is 22.8 Å². The summed E-state index contributed by atoms with van der Waals surface area (Å²) in [4.78, 5) is 13.9. The first kappa shape index (κ1) is 26.5. The maximum atomic E-state index is 16.6. The number of hydrogen-bond donors (Lipinski definition) is 2. The van der Waals surface area contributed by atoms with Gasteiger partial charge in [0.25, 0.3) is 0 Å². The molecular weight excluding hydrogens is 536 g/mol. The van der Waals surface area contributed by atoms with E-state index in [0.717, 1.165) is 51.9 Å². The van der Waals surface area contributed by atoms with Crippen LogP contribution < -0.4 is 10.2 Å². The van der Waals surface area contributed by atoms with Crippen LogP contribution in [-0.2, 0) is 0 Å². The molecule has 0 spiro atoms. The van der Waals surface area contributed by atoms with E-state index in [1.54, 1.807) is 0 Å². The molecule has 42 heavy (non-hydrogen) atoms. The highest BCUT2D eigenvalue weighted by atomic mass is 19.1. The van der Waals surface area contributed by atoms with Gasteiger partial charge in [-0.3, -0.25) is 4.90 Å². The Kier molecular flexibility index (Phi) is 6.41. The van der Waals surface area contributed by atoms with Gasteiger partial charge in [-0.2, -0.15) is 0 Å². The summed E-state index contributed by atoms with van der Waals surface area (Å²) in [6.45, 7) is 6.23. The van der Waals surface area contributed by atoms with Gasteiger partial charge in [0.15, 0.2) is 17.2 Å². The topological polar surface area (TPSA) is 90.3 Å². The molecule has 0 saturated carbocycles. The molecule has 0 aliphatic carbocycles. The standard InChI is InChI=1S/C32H29F2N7O/c1-3-22-24(33)7-6-20-16-21(42)17-23(26(20)22)28-27(34)29-30(39-38-28)31(41-15-12-35-18-19(41)2)37-25(36-29)8-11-32-9-4-13-40(32)14-5-10-32/h1,6-7,16-17,19,35,42H,4-5,9-10,12-15,18H2,2H3/t19-/m0/s1. The van der Waals surface area contributed by atoms with Crippen molar-refractivity contribution in [2.24, 2.45) is 0 Å². The molecule has 3 fully saturated rings. The Hall–Kier alpha value is -4.38. The number of aromatic hydroxyl groups is 1. The fourth-order valence-electron chi connectivity index (χ4n) is 6.76. The first-order chi connectivity index (χ1) is 20.4. The average Bonchev–Trinajstić information content (AvgIpc) is 3.57. The van der Waals surface area contributed by atoms with Crippen molar-refractivity contribution in [3.8, 4) is 41.2 Å². The van der Waals surface area contributed by atoms with Gasteiger partial charge in [-0.15, -0.1) is 16.6 Å². The fourth-order valence-corrected chi connectivity index (χ4v) is 6.76. The second-order valence-corrected chi connectivity index (χ2v) is 11.3. The van der Waals surface area contributed by atoms with Crippen LogP contribution in [0.5, 0.6) is 5.75 Å². The summed E-state index contributed by atoms with van der Waals surface area (Å²) < 4.78 is 31.4. The first-order valence-corrected chi connectivity index (χ1v) is 14.3. The monoisotopic (exact) mass is 565 g/mol. The number of aromatic nitrogens is 4. The van der Waals surface area contributed by atoms with Crippen LogP contribution in [0, 0.1) is 35.8 Å². The smallest absolute Gasteiger partial charge is 0.207 e. The third-order valence-electron chi connectivity index (χ3n) is 8.80. The zero-order chi connectivity index (χ0) is 29.0. The summed E-state index contributed by atoms with van der Waals surface area (Å²) in [5.74, 6) is 8.17. The number of anilines is 1. The zero-order valence-electron chi connectivity index (χ0n) is 23.2. The minimum atomic E-state index is -0.768. The van der Waals surface area contributed by atoms with Crippen LogP contribution in [0.4, 0.5) is 14.6 Å². The summed E-state index contributed by atoms with van der Waals surface area (Å²) >= 11 is 0. The molecule has 0 amide bonds. The minimum Gasteiger partial charge on any atom is -0.508 e. The molecule has 8 nitrogen and oxygen atoms in total. The first-order valence-electron chi connectivity index (χ1n) is 14.3. The van der Waals surface area contributed by atoms with Crippen LogP contribution >= 0.6 is 0 Å². The second-order valence-electron chi connectivity index (χ2n) is 11.3. The Morgan fingerprint density at radius 1 is 1.07 bits per heavy atom. The Bertz CT molecular complexity index is 1850. The molecule has 1 atom stereocenters. The lowest BCUT2D eigenvalue weighted by Gasteiger charge is -2.35. The summed E-state index contributed by atoms with van der Waals surface area (Å²) in [6, 6.07) is 5.53. The van der Waals surface area contributed by atoms with E-state index in [1.807, 2.05) is 0 Å². The molecule has 7 rings (SSSR count). The maximum Gasteiger partial charge on any atom is 0.207 e. The lowest BCUT2D eigenvalue weighted by atomic mass is 9.95. The number of nitrogens with one attached hydrogen (secondary N) is 1. The predicted octanol–water partition coefficient (Wildman–Crippen LogP) is 3.98. The number of nitrogens with zero attached hydrogens (tertiary/aromatic N) is 6. The number of piperazine rings is 1. The number of benzene rings is 2. The maximum absolute atomic E-state index is 16.6. The summed E-state index contributed by atoms with van der Waals surface area (Å²) in [7, 11) is 0. The predicted molar refractivity (Wildman–Crippen MR) is 157 cm³/mol. The number of fused-ring (bicyclic) bond motifs is 3. The number of halogens is 2. The van der Waals surface area contributed by atoms with Crippen molar-refractivity contribution < 1.29 is 13.9 Å². The lowest BCUT2D eigenvalue weighted by molar-refractivity contribution is 0.261. The summed E-state index contributed by atoms with van der Waals surface area (Å²) in [5.41, 5.74) is -0.132. The molecule has 0 radical (unpaired) electrons. The van der Waals surface area contributed by atoms with E-state index in [9.17, 15) is 9.50 Å². The van der Waals surface area contributed by atoms with Crippen LogP contribution in [0.25, 0.3) is 33.1 Å². The Balaban J connectivity index is 1.46. The molecule has 4 aromatic rings. The van der Waals surface area contributed by atoms with Gasteiger partial charge < -0.3 is 15.3 Å². The highest BCUT2D eigenvalue weighted by Gasteiger charge is 2.43. The molecule has 2 aromatic carbocycles. The van der Waals surface area contributed by atoms with Gasteiger partial charge in [0, 0.05) is 36.6 Å². The van der Waals surface area contributed by atoms with E-state index < -0.39 is 11.6 Å². The van der Waals surface area contributed by atoms with Gasteiger partial charge in [-0.1, -0.05) is 17.9 Å². The highest BCUT2D eigenvalue weighted by Crippen LogP contribution is 2.39. The average molecular weight is 566 g/mol. The molecule has 0 unspecified atom stereocenters. The van der Waals surface area contributed by atoms with E-state index in [4.69, 9.17) is 11.4 Å². The van der Waals surface area contributed by atoms with Crippen molar-refractivity contribution in [3.05, 3.63) is 47.3 Å². The van der Waals surface area contributed by atoms with Crippen LogP contribution in [0.1, 0.15) is 44.0 Å². The van der Waals surface area contributed by atoms with Crippen molar-refractivity contribution in [3.63, 3.8) is 0 Å². The molecule has 2 aromatic heterocycles.